The quantitative estimate of drug-likeness (QED) is 0.195. The summed E-state index contributed by atoms with van der Waals surface area (Å²) in [5.74, 6) is 0. The van der Waals surface area contributed by atoms with Crippen molar-refractivity contribution in [2.45, 2.75) is 42.9 Å². The molecule has 5 nitrogen and oxygen atoms in total. The zero-order valence-corrected chi connectivity index (χ0v) is 25.8. The molecule has 2 aromatic heterocycles. The first-order chi connectivity index (χ1) is 18.8. The molecule has 0 aliphatic carbocycles. The van der Waals surface area contributed by atoms with Gasteiger partial charge in [-0.3, -0.25) is 4.98 Å². The van der Waals surface area contributed by atoms with Crippen molar-refractivity contribution in [3.63, 3.8) is 0 Å². The molecule has 0 radical (unpaired) electrons. The zero-order chi connectivity index (χ0) is 28.9. The van der Waals surface area contributed by atoms with E-state index in [2.05, 4.69) is 41.6 Å². The van der Waals surface area contributed by atoms with Crippen molar-refractivity contribution in [2.24, 2.45) is 0 Å². The molecule has 5 aromatic rings. The van der Waals surface area contributed by atoms with Crippen LogP contribution in [0.25, 0.3) is 43.7 Å². The summed E-state index contributed by atoms with van der Waals surface area (Å²) in [5, 5.41) is 12.3. The van der Waals surface area contributed by atoms with E-state index in [1.165, 1.54) is 22.5 Å². The lowest BCUT2D eigenvalue weighted by atomic mass is 9.92. The van der Waals surface area contributed by atoms with E-state index in [9.17, 15) is 13.5 Å². The van der Waals surface area contributed by atoms with E-state index in [-0.39, 0.29) is 0 Å². The number of aromatic nitrogens is 2. The van der Waals surface area contributed by atoms with Crippen molar-refractivity contribution in [3.8, 4) is 32.8 Å². The van der Waals surface area contributed by atoms with Crippen LogP contribution in [-0.4, -0.2) is 36.0 Å². The van der Waals surface area contributed by atoms with Crippen LogP contribution in [-0.2, 0) is 20.2 Å². The first-order valence-corrected chi connectivity index (χ1v) is 16.8. The SMILES string of the molecule is CSc1ccc(-c2sc(C(C)(C)O)nc2-c2cccc(-c3cc(C(C)(C)S(C)(=O)=O)cc4cccnc34)c2)cc1. The maximum atomic E-state index is 12.7. The Hall–Kier alpha value is -3.04. The maximum Gasteiger partial charge on any atom is 0.156 e. The fourth-order valence-corrected chi connectivity index (χ4v) is 6.57. The van der Waals surface area contributed by atoms with Crippen LogP contribution in [0.5, 0.6) is 0 Å². The molecular formula is C32H32N2O3S3. The molecule has 40 heavy (non-hydrogen) atoms. The normalized spacial score (nSPS) is 12.7. The molecule has 0 aliphatic heterocycles. The van der Waals surface area contributed by atoms with Gasteiger partial charge in [-0.25, -0.2) is 13.4 Å². The van der Waals surface area contributed by atoms with Crippen LogP contribution in [0.1, 0.15) is 38.3 Å². The zero-order valence-electron chi connectivity index (χ0n) is 23.4. The van der Waals surface area contributed by atoms with Crippen LogP contribution < -0.4 is 0 Å². The smallest absolute Gasteiger partial charge is 0.156 e. The number of hydrogen-bond acceptors (Lipinski definition) is 7. The number of thiazole rings is 1. The summed E-state index contributed by atoms with van der Waals surface area (Å²) in [5.41, 5.74) is 4.94. The van der Waals surface area contributed by atoms with Gasteiger partial charge in [-0.1, -0.05) is 36.4 Å². The number of benzene rings is 3. The van der Waals surface area contributed by atoms with Crippen molar-refractivity contribution < 1.29 is 13.5 Å². The van der Waals surface area contributed by atoms with Gasteiger partial charge in [0, 0.05) is 33.9 Å². The van der Waals surface area contributed by atoms with E-state index < -0.39 is 20.2 Å². The molecule has 0 bridgehead atoms. The predicted molar refractivity (Wildman–Crippen MR) is 169 cm³/mol. The van der Waals surface area contributed by atoms with Gasteiger partial charge in [-0.2, -0.15) is 0 Å². The van der Waals surface area contributed by atoms with Gasteiger partial charge in [0.25, 0.3) is 0 Å². The molecule has 0 aliphatic rings. The Morgan fingerprint density at radius 1 is 0.875 bits per heavy atom. The Bertz CT molecular complexity index is 1820. The van der Waals surface area contributed by atoms with E-state index >= 15 is 0 Å². The number of pyridine rings is 1. The van der Waals surface area contributed by atoms with Crippen molar-refractivity contribution in [3.05, 3.63) is 89.6 Å². The fraction of sp³-hybridized carbons (Fsp3) is 0.250. The summed E-state index contributed by atoms with van der Waals surface area (Å²) < 4.78 is 24.4. The average Bonchev–Trinajstić information content (AvgIpc) is 3.38. The molecule has 0 unspecified atom stereocenters. The van der Waals surface area contributed by atoms with Crippen LogP contribution in [0.3, 0.4) is 0 Å². The first kappa shape index (κ1) is 28.5. The van der Waals surface area contributed by atoms with Crippen LogP contribution in [0.4, 0.5) is 0 Å². The predicted octanol–water partition coefficient (Wildman–Crippen LogP) is 7.92. The third kappa shape index (κ3) is 5.33. The number of nitrogens with zero attached hydrogens (tertiary/aromatic N) is 2. The summed E-state index contributed by atoms with van der Waals surface area (Å²) in [6.07, 6.45) is 5.08. The Kier molecular flexibility index (Phi) is 7.42. The van der Waals surface area contributed by atoms with Gasteiger partial charge in [0.05, 0.1) is 20.8 Å². The highest BCUT2D eigenvalue weighted by Gasteiger charge is 2.33. The molecule has 2 heterocycles. The molecule has 5 rings (SSSR count). The summed E-state index contributed by atoms with van der Waals surface area (Å²) in [6.45, 7) is 6.98. The lowest BCUT2D eigenvalue weighted by Crippen LogP contribution is -2.28. The molecule has 3 aromatic carbocycles. The van der Waals surface area contributed by atoms with Crippen LogP contribution in [0.15, 0.2) is 83.9 Å². The number of hydrogen-bond donors (Lipinski definition) is 1. The second kappa shape index (κ2) is 10.4. The van der Waals surface area contributed by atoms with Gasteiger partial charge in [0.1, 0.15) is 10.6 Å². The largest absolute Gasteiger partial charge is 0.383 e. The van der Waals surface area contributed by atoms with Crippen molar-refractivity contribution in [2.75, 3.05) is 12.5 Å². The minimum Gasteiger partial charge on any atom is -0.383 e. The Labute approximate surface area is 244 Å². The molecule has 8 heteroatoms. The maximum absolute atomic E-state index is 12.7. The number of thioether (sulfide) groups is 1. The monoisotopic (exact) mass is 588 g/mol. The van der Waals surface area contributed by atoms with E-state index in [1.54, 1.807) is 45.7 Å². The topological polar surface area (TPSA) is 80.2 Å². The van der Waals surface area contributed by atoms with Crippen molar-refractivity contribution >= 4 is 43.8 Å². The molecule has 0 atom stereocenters. The second-order valence-corrected chi connectivity index (χ2v) is 15.4. The highest BCUT2D eigenvalue weighted by atomic mass is 32.2. The second-order valence-electron chi connectivity index (χ2n) is 10.9. The Balaban J connectivity index is 1.72. The van der Waals surface area contributed by atoms with E-state index in [1.807, 2.05) is 42.5 Å². The molecule has 0 saturated heterocycles. The van der Waals surface area contributed by atoms with Gasteiger partial charge in [-0.05, 0) is 87.0 Å². The molecule has 0 amide bonds. The Morgan fingerprint density at radius 3 is 2.23 bits per heavy atom. The summed E-state index contributed by atoms with van der Waals surface area (Å²) in [6, 6.07) is 24.2. The Morgan fingerprint density at radius 2 is 1.57 bits per heavy atom. The molecule has 1 N–H and O–H groups in total. The lowest BCUT2D eigenvalue weighted by Gasteiger charge is -2.24. The molecular weight excluding hydrogens is 557 g/mol. The van der Waals surface area contributed by atoms with Crippen LogP contribution >= 0.6 is 23.1 Å². The van der Waals surface area contributed by atoms with Gasteiger partial charge in [0.2, 0.25) is 0 Å². The van der Waals surface area contributed by atoms with Gasteiger partial charge >= 0.3 is 0 Å². The summed E-state index contributed by atoms with van der Waals surface area (Å²) in [7, 11) is -3.38. The lowest BCUT2D eigenvalue weighted by molar-refractivity contribution is 0.0783. The molecule has 206 valence electrons. The van der Waals surface area contributed by atoms with Gasteiger partial charge in [-0.15, -0.1) is 23.1 Å². The summed E-state index contributed by atoms with van der Waals surface area (Å²) in [4.78, 5) is 11.8. The average molecular weight is 589 g/mol. The van der Waals surface area contributed by atoms with E-state index in [4.69, 9.17) is 4.98 Å². The molecule has 0 fully saturated rings. The highest BCUT2D eigenvalue weighted by molar-refractivity contribution is 7.98. The van der Waals surface area contributed by atoms with Crippen molar-refractivity contribution in [1.29, 1.82) is 0 Å². The third-order valence-corrected chi connectivity index (χ3v) is 11.5. The van der Waals surface area contributed by atoms with Crippen LogP contribution in [0, 0.1) is 0 Å². The molecule has 0 spiro atoms. The van der Waals surface area contributed by atoms with Gasteiger partial charge in [0.15, 0.2) is 9.84 Å². The number of aliphatic hydroxyl groups is 1. The first-order valence-electron chi connectivity index (χ1n) is 12.9. The number of sulfone groups is 1. The van der Waals surface area contributed by atoms with Gasteiger partial charge < -0.3 is 5.11 Å². The molecule has 0 saturated carbocycles. The minimum absolute atomic E-state index is 0.640. The van der Waals surface area contributed by atoms with Crippen LogP contribution in [0.2, 0.25) is 0 Å². The standard InChI is InChI=1S/C32H32N2O3S3/c1-31(2,35)30-34-28(29(39-30)20-12-14-25(38-5)15-13-20)22-10-7-9-21(17-22)26-19-24(32(3,4)40(6,36)37)18-23-11-8-16-33-27(23)26/h7-19,35H,1-6H3. The van der Waals surface area contributed by atoms with E-state index in [0.717, 1.165) is 43.7 Å². The fourth-order valence-electron chi connectivity index (χ4n) is 4.52. The highest BCUT2D eigenvalue weighted by Crippen LogP contribution is 2.42. The van der Waals surface area contributed by atoms with Crippen molar-refractivity contribution in [1.82, 2.24) is 9.97 Å². The van der Waals surface area contributed by atoms with E-state index in [0.29, 0.717) is 10.6 Å². The minimum atomic E-state index is -3.38. The number of fused-ring (bicyclic) bond motifs is 1. The summed E-state index contributed by atoms with van der Waals surface area (Å²) >= 11 is 3.19. The third-order valence-electron chi connectivity index (χ3n) is 7.28. The number of rotatable bonds is 7.